The van der Waals surface area contributed by atoms with Gasteiger partial charge in [0.15, 0.2) is 0 Å². The van der Waals surface area contributed by atoms with Crippen molar-refractivity contribution in [2.45, 2.75) is 12.8 Å². The summed E-state index contributed by atoms with van der Waals surface area (Å²) < 4.78 is 0. The van der Waals surface area contributed by atoms with Gasteiger partial charge in [0.05, 0.1) is 12.0 Å². The first kappa shape index (κ1) is 23.0. The van der Waals surface area contributed by atoms with E-state index < -0.39 is 11.9 Å². The summed E-state index contributed by atoms with van der Waals surface area (Å²) in [5.74, 6) is -1.53. The first-order valence-corrected chi connectivity index (χ1v) is 11.6. The molecule has 4 aromatic rings. The first-order valence-electron chi connectivity index (χ1n) is 11.6. The lowest BCUT2D eigenvalue weighted by molar-refractivity contribution is -0.117. The molecule has 0 aliphatic carbocycles. The number of rotatable bonds is 6. The van der Waals surface area contributed by atoms with E-state index in [1.807, 2.05) is 60.7 Å². The topological polar surface area (TPSA) is 99.6 Å². The van der Waals surface area contributed by atoms with E-state index in [1.54, 1.807) is 23.2 Å². The number of carboxylic acid groups (broad SMARTS) is 1. The SMILES string of the molecule is O=C(O)c1ccc(-c2ccccc2)c(C(=O)Nc2ccc3c(c2)CCN3C(=O)Cc2ccccn2)c1. The van der Waals surface area contributed by atoms with Crippen LogP contribution in [-0.4, -0.2) is 34.4 Å². The molecule has 7 nitrogen and oxygen atoms in total. The van der Waals surface area contributed by atoms with Crippen molar-refractivity contribution < 1.29 is 19.5 Å². The number of nitrogens with one attached hydrogen (secondary N) is 1. The maximum atomic E-state index is 13.3. The highest BCUT2D eigenvalue weighted by Gasteiger charge is 2.25. The second-order valence-corrected chi connectivity index (χ2v) is 8.52. The van der Waals surface area contributed by atoms with E-state index in [4.69, 9.17) is 0 Å². The smallest absolute Gasteiger partial charge is 0.335 e. The Morgan fingerprint density at radius 3 is 2.47 bits per heavy atom. The lowest BCUT2D eigenvalue weighted by atomic mass is 9.97. The van der Waals surface area contributed by atoms with Gasteiger partial charge in [0.25, 0.3) is 5.91 Å². The number of aromatic carboxylic acids is 1. The Morgan fingerprint density at radius 2 is 1.72 bits per heavy atom. The van der Waals surface area contributed by atoms with Gasteiger partial charge in [0.1, 0.15) is 0 Å². The molecule has 2 amide bonds. The number of fused-ring (bicyclic) bond motifs is 1. The molecule has 3 aromatic carbocycles. The van der Waals surface area contributed by atoms with Crippen LogP contribution in [0.2, 0.25) is 0 Å². The summed E-state index contributed by atoms with van der Waals surface area (Å²) in [5, 5.41) is 12.3. The zero-order chi connectivity index (χ0) is 25.1. The summed E-state index contributed by atoms with van der Waals surface area (Å²) in [5.41, 5.74) is 4.86. The highest BCUT2D eigenvalue weighted by molar-refractivity contribution is 6.10. The van der Waals surface area contributed by atoms with Crippen molar-refractivity contribution in [1.29, 1.82) is 0 Å². The van der Waals surface area contributed by atoms with E-state index in [9.17, 15) is 19.5 Å². The predicted molar refractivity (Wildman–Crippen MR) is 137 cm³/mol. The molecule has 0 unspecified atom stereocenters. The van der Waals surface area contributed by atoms with E-state index in [1.165, 1.54) is 12.1 Å². The average molecular weight is 478 g/mol. The van der Waals surface area contributed by atoms with Crippen molar-refractivity contribution in [3.8, 4) is 11.1 Å². The third-order valence-corrected chi connectivity index (χ3v) is 6.19. The Labute approximate surface area is 208 Å². The molecule has 0 bridgehead atoms. The zero-order valence-corrected chi connectivity index (χ0v) is 19.3. The molecule has 1 aliphatic heterocycles. The minimum atomic E-state index is -1.10. The molecule has 5 rings (SSSR count). The van der Waals surface area contributed by atoms with E-state index in [0.717, 1.165) is 22.5 Å². The van der Waals surface area contributed by atoms with Gasteiger partial charge in [0, 0.05) is 35.4 Å². The van der Waals surface area contributed by atoms with Crippen molar-refractivity contribution in [2.24, 2.45) is 0 Å². The van der Waals surface area contributed by atoms with Crippen LogP contribution in [0.5, 0.6) is 0 Å². The van der Waals surface area contributed by atoms with Crippen LogP contribution in [-0.2, 0) is 17.6 Å². The number of amides is 2. The monoisotopic (exact) mass is 477 g/mol. The number of pyridine rings is 1. The molecule has 36 heavy (non-hydrogen) atoms. The fourth-order valence-corrected chi connectivity index (χ4v) is 4.42. The molecule has 1 aliphatic rings. The van der Waals surface area contributed by atoms with E-state index >= 15 is 0 Å². The van der Waals surface area contributed by atoms with Crippen LogP contribution in [0.3, 0.4) is 0 Å². The van der Waals surface area contributed by atoms with Gasteiger partial charge in [-0.15, -0.1) is 0 Å². The molecule has 0 fully saturated rings. The van der Waals surface area contributed by atoms with Gasteiger partial charge in [-0.1, -0.05) is 42.5 Å². The summed E-state index contributed by atoms with van der Waals surface area (Å²) in [6.07, 6.45) is 2.57. The molecule has 0 atom stereocenters. The molecule has 2 heterocycles. The van der Waals surface area contributed by atoms with E-state index in [2.05, 4.69) is 10.3 Å². The second-order valence-electron chi connectivity index (χ2n) is 8.52. The number of hydrogen-bond acceptors (Lipinski definition) is 4. The Balaban J connectivity index is 1.38. The third-order valence-electron chi connectivity index (χ3n) is 6.19. The van der Waals surface area contributed by atoms with Gasteiger partial charge >= 0.3 is 5.97 Å². The molecule has 0 radical (unpaired) electrons. The van der Waals surface area contributed by atoms with Crippen LogP contribution < -0.4 is 10.2 Å². The van der Waals surface area contributed by atoms with Crippen molar-refractivity contribution in [2.75, 3.05) is 16.8 Å². The van der Waals surface area contributed by atoms with Crippen LogP contribution >= 0.6 is 0 Å². The van der Waals surface area contributed by atoms with Crippen LogP contribution in [0.1, 0.15) is 32.0 Å². The molecule has 0 saturated carbocycles. The maximum absolute atomic E-state index is 13.3. The van der Waals surface area contributed by atoms with Gasteiger partial charge in [-0.25, -0.2) is 4.79 Å². The van der Waals surface area contributed by atoms with Gasteiger partial charge in [-0.2, -0.15) is 0 Å². The normalized spacial score (nSPS) is 12.2. The zero-order valence-electron chi connectivity index (χ0n) is 19.3. The number of anilines is 2. The fourth-order valence-electron chi connectivity index (χ4n) is 4.42. The Bertz CT molecular complexity index is 1450. The minimum Gasteiger partial charge on any atom is -0.478 e. The fraction of sp³-hybridized carbons (Fsp3) is 0.103. The highest BCUT2D eigenvalue weighted by atomic mass is 16.4. The molecule has 0 saturated heterocycles. The molecule has 0 spiro atoms. The maximum Gasteiger partial charge on any atom is 0.335 e. The minimum absolute atomic E-state index is 0.0257. The van der Waals surface area contributed by atoms with Crippen molar-refractivity contribution >= 4 is 29.2 Å². The van der Waals surface area contributed by atoms with Gasteiger partial charge < -0.3 is 15.3 Å². The number of aromatic nitrogens is 1. The highest BCUT2D eigenvalue weighted by Crippen LogP contribution is 2.32. The van der Waals surface area contributed by atoms with E-state index in [0.29, 0.717) is 24.2 Å². The molecule has 2 N–H and O–H groups in total. The molecule has 7 heteroatoms. The second kappa shape index (κ2) is 9.84. The predicted octanol–water partition coefficient (Wildman–Crippen LogP) is 4.83. The lowest BCUT2D eigenvalue weighted by Crippen LogP contribution is -2.30. The Morgan fingerprint density at radius 1 is 0.917 bits per heavy atom. The lowest BCUT2D eigenvalue weighted by Gasteiger charge is -2.18. The van der Waals surface area contributed by atoms with Crippen molar-refractivity contribution in [3.05, 3.63) is 114 Å². The van der Waals surface area contributed by atoms with Gasteiger partial charge in [0.2, 0.25) is 5.91 Å². The summed E-state index contributed by atoms with van der Waals surface area (Å²) >= 11 is 0. The molecular weight excluding hydrogens is 454 g/mol. The summed E-state index contributed by atoms with van der Waals surface area (Å²) in [7, 11) is 0. The number of hydrogen-bond donors (Lipinski definition) is 2. The Kier molecular flexibility index (Phi) is 6.28. The number of carboxylic acids is 1. The summed E-state index contributed by atoms with van der Waals surface area (Å²) in [6.45, 7) is 0.567. The van der Waals surface area contributed by atoms with Crippen LogP contribution in [0.4, 0.5) is 11.4 Å². The van der Waals surface area contributed by atoms with Crippen molar-refractivity contribution in [1.82, 2.24) is 4.98 Å². The molecular formula is C29H23N3O4. The van der Waals surface area contributed by atoms with Crippen LogP contribution in [0, 0.1) is 0 Å². The average Bonchev–Trinajstić information content (AvgIpc) is 3.33. The van der Waals surface area contributed by atoms with Crippen LogP contribution in [0.15, 0.2) is 91.1 Å². The van der Waals surface area contributed by atoms with Gasteiger partial charge in [-0.05, 0) is 65.6 Å². The van der Waals surface area contributed by atoms with Gasteiger partial charge in [-0.3, -0.25) is 14.6 Å². The number of nitrogens with zero attached hydrogens (tertiary/aromatic N) is 2. The van der Waals surface area contributed by atoms with Crippen molar-refractivity contribution in [3.63, 3.8) is 0 Å². The molecule has 178 valence electrons. The number of carbonyl (C=O) groups excluding carboxylic acids is 2. The summed E-state index contributed by atoms with van der Waals surface area (Å²) in [4.78, 5) is 43.7. The van der Waals surface area contributed by atoms with E-state index in [-0.39, 0.29) is 23.5 Å². The van der Waals surface area contributed by atoms with Crippen LogP contribution in [0.25, 0.3) is 11.1 Å². The largest absolute Gasteiger partial charge is 0.478 e. The number of carbonyl (C=O) groups is 3. The first-order chi connectivity index (χ1) is 17.5. The standard InChI is InChI=1S/C29H23N3O4/c33-27(18-22-8-4-5-14-30-22)32-15-13-20-16-23(10-12-26(20)32)31-28(34)25-17-21(29(35)36)9-11-24(25)19-6-2-1-3-7-19/h1-12,14,16-17H,13,15,18H2,(H,31,34)(H,35,36). The Hall–Kier alpha value is -4.78. The quantitative estimate of drug-likeness (QED) is 0.414. The molecule has 1 aromatic heterocycles. The summed E-state index contributed by atoms with van der Waals surface area (Å²) in [6, 6.07) is 24.9. The number of benzene rings is 3. The third kappa shape index (κ3) is 4.72.